The lowest BCUT2D eigenvalue weighted by Gasteiger charge is -2.09. The van der Waals surface area contributed by atoms with Gasteiger partial charge in [-0.05, 0) is 36.1 Å². The molecule has 1 heterocycles. The zero-order valence-electron chi connectivity index (χ0n) is 12.4. The van der Waals surface area contributed by atoms with E-state index in [9.17, 15) is 0 Å². The molecular weight excluding hydrogens is 296 g/mol. The lowest BCUT2D eigenvalue weighted by molar-refractivity contribution is 0.297. The van der Waals surface area contributed by atoms with Crippen molar-refractivity contribution in [1.82, 2.24) is 9.97 Å². The Hall–Kier alpha value is -2.27. The summed E-state index contributed by atoms with van der Waals surface area (Å²) >= 11 is 1.72. The molecule has 0 aliphatic rings. The molecule has 2 aromatic carbocycles. The SMILES string of the molecule is COc1ccc2c(OCc3ccc(SC)cc3)ncnc2c1. The Balaban J connectivity index is 1.81. The monoisotopic (exact) mass is 312 g/mol. The number of aromatic nitrogens is 2. The van der Waals surface area contributed by atoms with Gasteiger partial charge in [-0.3, -0.25) is 0 Å². The molecule has 3 rings (SSSR count). The van der Waals surface area contributed by atoms with Gasteiger partial charge in [0.25, 0.3) is 0 Å². The zero-order valence-corrected chi connectivity index (χ0v) is 13.3. The molecule has 0 bridgehead atoms. The quantitative estimate of drug-likeness (QED) is 0.668. The summed E-state index contributed by atoms with van der Waals surface area (Å²) in [6.45, 7) is 0.479. The van der Waals surface area contributed by atoms with Gasteiger partial charge in [0, 0.05) is 11.0 Å². The number of rotatable bonds is 5. The highest BCUT2D eigenvalue weighted by atomic mass is 32.2. The third-order valence-electron chi connectivity index (χ3n) is 3.34. The van der Waals surface area contributed by atoms with Gasteiger partial charge < -0.3 is 9.47 Å². The molecule has 1 aromatic heterocycles. The molecule has 0 amide bonds. The van der Waals surface area contributed by atoms with Gasteiger partial charge in [-0.2, -0.15) is 0 Å². The molecule has 0 unspecified atom stereocenters. The maximum Gasteiger partial charge on any atom is 0.224 e. The van der Waals surface area contributed by atoms with E-state index in [-0.39, 0.29) is 0 Å². The molecule has 4 nitrogen and oxygen atoms in total. The second-order valence-corrected chi connectivity index (χ2v) is 5.58. The van der Waals surface area contributed by atoms with Crippen LogP contribution in [0.25, 0.3) is 10.9 Å². The predicted octanol–water partition coefficient (Wildman–Crippen LogP) is 3.94. The van der Waals surface area contributed by atoms with Crippen LogP contribution in [0.3, 0.4) is 0 Å². The van der Waals surface area contributed by atoms with E-state index in [1.165, 1.54) is 11.2 Å². The standard InChI is InChI=1S/C17H16N2O2S/c1-20-13-5-8-15-16(9-13)18-11-19-17(15)21-10-12-3-6-14(22-2)7-4-12/h3-9,11H,10H2,1-2H3. The van der Waals surface area contributed by atoms with Crippen molar-refractivity contribution in [3.8, 4) is 11.6 Å². The molecule has 22 heavy (non-hydrogen) atoms. The number of ether oxygens (including phenoxy) is 2. The Bertz CT molecular complexity index is 775. The molecular formula is C17H16N2O2S. The minimum Gasteiger partial charge on any atom is -0.497 e. The van der Waals surface area contributed by atoms with Crippen molar-refractivity contribution in [1.29, 1.82) is 0 Å². The fourth-order valence-corrected chi connectivity index (χ4v) is 2.54. The molecule has 0 spiro atoms. The number of thioether (sulfide) groups is 1. The largest absolute Gasteiger partial charge is 0.497 e. The van der Waals surface area contributed by atoms with Gasteiger partial charge >= 0.3 is 0 Å². The maximum atomic E-state index is 5.85. The maximum absolute atomic E-state index is 5.85. The van der Waals surface area contributed by atoms with Crippen molar-refractivity contribution in [2.75, 3.05) is 13.4 Å². The van der Waals surface area contributed by atoms with Crippen LogP contribution >= 0.6 is 11.8 Å². The van der Waals surface area contributed by atoms with Gasteiger partial charge in [-0.15, -0.1) is 11.8 Å². The van der Waals surface area contributed by atoms with Crippen molar-refractivity contribution < 1.29 is 9.47 Å². The molecule has 0 aliphatic heterocycles. The third-order valence-corrected chi connectivity index (χ3v) is 4.09. The van der Waals surface area contributed by atoms with Gasteiger partial charge in [0.05, 0.1) is 18.0 Å². The van der Waals surface area contributed by atoms with Crippen LogP contribution in [0.15, 0.2) is 53.7 Å². The van der Waals surface area contributed by atoms with E-state index in [1.54, 1.807) is 18.9 Å². The van der Waals surface area contributed by atoms with Crippen LogP contribution in [0.2, 0.25) is 0 Å². The van der Waals surface area contributed by atoms with Crippen molar-refractivity contribution >= 4 is 22.7 Å². The topological polar surface area (TPSA) is 44.2 Å². The van der Waals surface area contributed by atoms with Crippen LogP contribution in [0, 0.1) is 0 Å². The van der Waals surface area contributed by atoms with Gasteiger partial charge in [0.2, 0.25) is 5.88 Å². The minimum absolute atomic E-state index is 0.479. The number of hydrogen-bond acceptors (Lipinski definition) is 5. The van der Waals surface area contributed by atoms with E-state index in [1.807, 2.05) is 18.2 Å². The lowest BCUT2D eigenvalue weighted by atomic mass is 10.2. The van der Waals surface area contributed by atoms with Crippen LogP contribution in [0.5, 0.6) is 11.6 Å². The average molecular weight is 312 g/mol. The van der Waals surface area contributed by atoms with Crippen molar-refractivity contribution in [2.45, 2.75) is 11.5 Å². The fourth-order valence-electron chi connectivity index (χ4n) is 2.13. The molecule has 5 heteroatoms. The third kappa shape index (κ3) is 3.14. The highest BCUT2D eigenvalue weighted by Gasteiger charge is 2.06. The smallest absolute Gasteiger partial charge is 0.224 e. The number of methoxy groups -OCH3 is 1. The van der Waals surface area contributed by atoms with E-state index < -0.39 is 0 Å². The summed E-state index contributed by atoms with van der Waals surface area (Å²) in [5.41, 5.74) is 1.92. The Morgan fingerprint density at radius 1 is 1.05 bits per heavy atom. The number of fused-ring (bicyclic) bond motifs is 1. The average Bonchev–Trinajstić information content (AvgIpc) is 2.59. The highest BCUT2D eigenvalue weighted by Crippen LogP contribution is 2.25. The minimum atomic E-state index is 0.479. The van der Waals surface area contributed by atoms with Crippen LogP contribution in [0.4, 0.5) is 0 Å². The van der Waals surface area contributed by atoms with E-state index >= 15 is 0 Å². The lowest BCUT2D eigenvalue weighted by Crippen LogP contribution is -1.98. The van der Waals surface area contributed by atoms with E-state index in [2.05, 4.69) is 40.5 Å². The number of nitrogens with zero attached hydrogens (tertiary/aromatic N) is 2. The van der Waals surface area contributed by atoms with Gasteiger partial charge in [0.1, 0.15) is 18.7 Å². The van der Waals surface area contributed by atoms with Crippen LogP contribution in [-0.4, -0.2) is 23.3 Å². The highest BCUT2D eigenvalue weighted by molar-refractivity contribution is 7.98. The van der Waals surface area contributed by atoms with Gasteiger partial charge in [0.15, 0.2) is 0 Å². The number of benzene rings is 2. The summed E-state index contributed by atoms with van der Waals surface area (Å²) in [4.78, 5) is 9.73. The first-order valence-electron chi connectivity index (χ1n) is 6.84. The van der Waals surface area contributed by atoms with E-state index in [0.29, 0.717) is 12.5 Å². The molecule has 0 saturated heterocycles. The molecule has 0 radical (unpaired) electrons. The van der Waals surface area contributed by atoms with Crippen molar-refractivity contribution in [3.05, 3.63) is 54.4 Å². The first kappa shape index (κ1) is 14.7. The fraction of sp³-hybridized carbons (Fsp3) is 0.176. The molecule has 0 atom stereocenters. The molecule has 3 aromatic rings. The Morgan fingerprint density at radius 3 is 2.59 bits per heavy atom. The normalized spacial score (nSPS) is 10.6. The van der Waals surface area contributed by atoms with Crippen molar-refractivity contribution in [3.63, 3.8) is 0 Å². The summed E-state index contributed by atoms with van der Waals surface area (Å²) in [6.07, 6.45) is 3.57. The molecule has 112 valence electrons. The molecule has 0 fully saturated rings. The second kappa shape index (κ2) is 6.66. The molecule has 0 N–H and O–H groups in total. The first-order valence-corrected chi connectivity index (χ1v) is 8.07. The van der Waals surface area contributed by atoms with Crippen LogP contribution < -0.4 is 9.47 Å². The first-order chi connectivity index (χ1) is 10.8. The van der Waals surface area contributed by atoms with Gasteiger partial charge in [-0.25, -0.2) is 9.97 Å². The summed E-state index contributed by atoms with van der Waals surface area (Å²) in [7, 11) is 1.64. The Labute approximate surface area is 133 Å². The van der Waals surface area contributed by atoms with E-state index in [4.69, 9.17) is 9.47 Å². The summed E-state index contributed by atoms with van der Waals surface area (Å²) in [6, 6.07) is 14.0. The summed E-state index contributed by atoms with van der Waals surface area (Å²) < 4.78 is 11.1. The second-order valence-electron chi connectivity index (χ2n) is 4.70. The Morgan fingerprint density at radius 2 is 1.86 bits per heavy atom. The zero-order chi connectivity index (χ0) is 15.4. The van der Waals surface area contributed by atoms with E-state index in [0.717, 1.165) is 22.2 Å². The van der Waals surface area contributed by atoms with Gasteiger partial charge in [-0.1, -0.05) is 12.1 Å². The summed E-state index contributed by atoms with van der Waals surface area (Å²) in [5.74, 6) is 1.35. The summed E-state index contributed by atoms with van der Waals surface area (Å²) in [5, 5.41) is 0.879. The van der Waals surface area contributed by atoms with Crippen LogP contribution in [-0.2, 0) is 6.61 Å². The van der Waals surface area contributed by atoms with Crippen LogP contribution in [0.1, 0.15) is 5.56 Å². The Kier molecular flexibility index (Phi) is 4.44. The predicted molar refractivity (Wildman–Crippen MR) is 88.6 cm³/mol. The molecule has 0 saturated carbocycles. The molecule has 0 aliphatic carbocycles. The number of hydrogen-bond donors (Lipinski definition) is 0. The van der Waals surface area contributed by atoms with Crippen molar-refractivity contribution in [2.24, 2.45) is 0 Å².